The molecule has 0 aliphatic carbocycles. The number of rotatable bonds is 8. The SMILES string of the molecule is CC(C)NCCCCS(=O)(=O)N1CCN(S(C)(=O)=O)CC1. The van der Waals surface area contributed by atoms with Crippen LogP contribution < -0.4 is 5.32 Å². The highest BCUT2D eigenvalue weighted by atomic mass is 32.2. The molecule has 1 fully saturated rings. The van der Waals surface area contributed by atoms with E-state index in [1.54, 1.807) is 0 Å². The molecule has 0 spiro atoms. The van der Waals surface area contributed by atoms with Crippen LogP contribution in [0.2, 0.25) is 0 Å². The maximum Gasteiger partial charge on any atom is 0.214 e. The zero-order valence-electron chi connectivity index (χ0n) is 13.1. The Morgan fingerprint density at radius 2 is 1.48 bits per heavy atom. The molecule has 126 valence electrons. The summed E-state index contributed by atoms with van der Waals surface area (Å²) < 4.78 is 49.9. The summed E-state index contributed by atoms with van der Waals surface area (Å²) in [6, 6.07) is 0.408. The van der Waals surface area contributed by atoms with E-state index in [0.29, 0.717) is 12.5 Å². The van der Waals surface area contributed by atoms with Crippen molar-refractivity contribution in [2.75, 3.05) is 44.7 Å². The maximum absolute atomic E-state index is 12.2. The Bertz CT molecular complexity index is 509. The van der Waals surface area contributed by atoms with Crippen molar-refractivity contribution < 1.29 is 16.8 Å². The van der Waals surface area contributed by atoms with Gasteiger partial charge in [0.2, 0.25) is 20.0 Å². The second-order valence-electron chi connectivity index (χ2n) is 5.69. The molecule has 0 unspecified atom stereocenters. The first kappa shape index (κ1) is 18.8. The molecule has 1 saturated heterocycles. The van der Waals surface area contributed by atoms with Gasteiger partial charge in [-0.05, 0) is 19.4 Å². The van der Waals surface area contributed by atoms with Crippen LogP contribution in [0.5, 0.6) is 0 Å². The molecule has 1 N–H and O–H groups in total. The van der Waals surface area contributed by atoms with Gasteiger partial charge < -0.3 is 5.32 Å². The van der Waals surface area contributed by atoms with Gasteiger partial charge >= 0.3 is 0 Å². The number of piperazine rings is 1. The third kappa shape index (κ3) is 6.60. The minimum absolute atomic E-state index is 0.131. The van der Waals surface area contributed by atoms with Crippen molar-refractivity contribution in [2.45, 2.75) is 32.7 Å². The van der Waals surface area contributed by atoms with Gasteiger partial charge in [0.25, 0.3) is 0 Å². The highest BCUT2D eigenvalue weighted by Gasteiger charge is 2.29. The molecule has 0 atom stereocenters. The molecule has 21 heavy (non-hydrogen) atoms. The van der Waals surface area contributed by atoms with Crippen molar-refractivity contribution in [3.63, 3.8) is 0 Å². The average Bonchev–Trinajstić information content (AvgIpc) is 2.37. The molecule has 0 aromatic carbocycles. The summed E-state index contributed by atoms with van der Waals surface area (Å²) >= 11 is 0. The lowest BCUT2D eigenvalue weighted by Gasteiger charge is -2.32. The molecular formula is C12H27N3O4S2. The van der Waals surface area contributed by atoms with Gasteiger partial charge in [-0.15, -0.1) is 0 Å². The molecule has 7 nitrogen and oxygen atoms in total. The summed E-state index contributed by atoms with van der Waals surface area (Å²) in [6.45, 7) is 5.91. The predicted molar refractivity (Wildman–Crippen MR) is 84.1 cm³/mol. The topological polar surface area (TPSA) is 86.8 Å². The number of unbranched alkanes of at least 4 members (excludes halogenated alkanes) is 1. The lowest BCUT2D eigenvalue weighted by Crippen LogP contribution is -2.50. The van der Waals surface area contributed by atoms with E-state index in [2.05, 4.69) is 19.2 Å². The Morgan fingerprint density at radius 1 is 0.952 bits per heavy atom. The Hall–Kier alpha value is -0.220. The smallest absolute Gasteiger partial charge is 0.214 e. The fourth-order valence-electron chi connectivity index (χ4n) is 2.21. The normalized spacial score (nSPS) is 19.2. The molecule has 1 aliphatic rings. The van der Waals surface area contributed by atoms with Crippen molar-refractivity contribution in [2.24, 2.45) is 0 Å². The Morgan fingerprint density at radius 3 is 1.95 bits per heavy atom. The molecular weight excluding hydrogens is 314 g/mol. The Labute approximate surface area is 128 Å². The minimum Gasteiger partial charge on any atom is -0.315 e. The first-order valence-electron chi connectivity index (χ1n) is 7.29. The van der Waals surface area contributed by atoms with E-state index in [0.717, 1.165) is 19.2 Å². The molecule has 0 amide bonds. The van der Waals surface area contributed by atoms with E-state index in [1.807, 2.05) is 0 Å². The molecule has 1 rings (SSSR count). The van der Waals surface area contributed by atoms with Gasteiger partial charge in [0.15, 0.2) is 0 Å². The van der Waals surface area contributed by atoms with E-state index in [9.17, 15) is 16.8 Å². The van der Waals surface area contributed by atoms with E-state index in [-0.39, 0.29) is 31.9 Å². The Balaban J connectivity index is 2.36. The molecule has 0 aromatic heterocycles. The highest BCUT2D eigenvalue weighted by Crippen LogP contribution is 2.11. The van der Waals surface area contributed by atoms with Crippen LogP contribution in [-0.2, 0) is 20.0 Å². The van der Waals surface area contributed by atoms with Crippen molar-refractivity contribution >= 4 is 20.0 Å². The van der Waals surface area contributed by atoms with Crippen LogP contribution in [0.25, 0.3) is 0 Å². The summed E-state index contributed by atoms with van der Waals surface area (Å²) in [5.41, 5.74) is 0. The first-order chi connectivity index (χ1) is 9.63. The van der Waals surface area contributed by atoms with Crippen molar-refractivity contribution in [1.82, 2.24) is 13.9 Å². The van der Waals surface area contributed by atoms with Crippen LogP contribution in [-0.4, -0.2) is 76.2 Å². The van der Waals surface area contributed by atoms with Crippen LogP contribution in [0.4, 0.5) is 0 Å². The van der Waals surface area contributed by atoms with Gasteiger partial charge in [-0.3, -0.25) is 0 Å². The number of hydrogen-bond acceptors (Lipinski definition) is 5. The summed E-state index contributed by atoms with van der Waals surface area (Å²) in [5.74, 6) is 0.131. The summed E-state index contributed by atoms with van der Waals surface area (Å²) in [4.78, 5) is 0. The number of hydrogen-bond donors (Lipinski definition) is 1. The van der Waals surface area contributed by atoms with Crippen LogP contribution in [0, 0.1) is 0 Å². The second-order valence-corrected chi connectivity index (χ2v) is 9.76. The number of nitrogens with one attached hydrogen (secondary N) is 1. The molecule has 0 bridgehead atoms. The molecule has 1 aliphatic heterocycles. The van der Waals surface area contributed by atoms with Crippen LogP contribution in [0.1, 0.15) is 26.7 Å². The third-order valence-electron chi connectivity index (χ3n) is 3.44. The van der Waals surface area contributed by atoms with E-state index < -0.39 is 20.0 Å². The van der Waals surface area contributed by atoms with Crippen LogP contribution >= 0.6 is 0 Å². The predicted octanol–water partition coefficient (Wildman–Crippen LogP) is -0.328. The van der Waals surface area contributed by atoms with Gasteiger partial charge in [-0.1, -0.05) is 13.8 Å². The summed E-state index contributed by atoms with van der Waals surface area (Å²) in [5, 5.41) is 3.25. The monoisotopic (exact) mass is 341 g/mol. The molecule has 0 aromatic rings. The lowest BCUT2D eigenvalue weighted by molar-refractivity contribution is 0.274. The molecule has 9 heteroatoms. The molecule has 0 radical (unpaired) electrons. The van der Waals surface area contributed by atoms with E-state index in [1.165, 1.54) is 8.61 Å². The Kier molecular flexibility index (Phi) is 7.05. The number of sulfonamides is 2. The summed E-state index contributed by atoms with van der Waals surface area (Å²) in [6.07, 6.45) is 2.59. The van der Waals surface area contributed by atoms with Gasteiger partial charge in [-0.2, -0.15) is 8.61 Å². The average molecular weight is 341 g/mol. The zero-order valence-corrected chi connectivity index (χ0v) is 14.7. The standard InChI is InChI=1S/C12H27N3O4S2/c1-12(2)13-6-4-5-11-21(18,19)15-9-7-14(8-10-15)20(3,16)17/h12-13H,4-11H2,1-3H3. The quantitative estimate of drug-likeness (QED) is 0.611. The zero-order chi connectivity index (χ0) is 16.1. The maximum atomic E-state index is 12.2. The van der Waals surface area contributed by atoms with Crippen molar-refractivity contribution in [3.05, 3.63) is 0 Å². The first-order valence-corrected chi connectivity index (χ1v) is 10.7. The summed E-state index contributed by atoms with van der Waals surface area (Å²) in [7, 11) is -6.49. The van der Waals surface area contributed by atoms with Gasteiger partial charge in [0.1, 0.15) is 0 Å². The van der Waals surface area contributed by atoms with Gasteiger partial charge in [-0.25, -0.2) is 16.8 Å². The third-order valence-corrected chi connectivity index (χ3v) is 6.70. The van der Waals surface area contributed by atoms with Gasteiger partial charge in [0.05, 0.1) is 12.0 Å². The largest absolute Gasteiger partial charge is 0.315 e. The fourth-order valence-corrected chi connectivity index (χ4v) is 4.58. The van der Waals surface area contributed by atoms with Crippen LogP contribution in [0.3, 0.4) is 0 Å². The fraction of sp³-hybridized carbons (Fsp3) is 1.00. The molecule has 1 heterocycles. The lowest BCUT2D eigenvalue weighted by atomic mass is 10.3. The second kappa shape index (κ2) is 7.87. The molecule has 0 saturated carbocycles. The van der Waals surface area contributed by atoms with Gasteiger partial charge in [0, 0.05) is 32.2 Å². The highest BCUT2D eigenvalue weighted by molar-refractivity contribution is 7.89. The number of nitrogens with zero attached hydrogens (tertiary/aromatic N) is 2. The van der Waals surface area contributed by atoms with E-state index in [4.69, 9.17) is 0 Å². The minimum atomic E-state index is -3.27. The van der Waals surface area contributed by atoms with Crippen molar-refractivity contribution in [3.8, 4) is 0 Å². The van der Waals surface area contributed by atoms with Crippen molar-refractivity contribution in [1.29, 1.82) is 0 Å². The van der Waals surface area contributed by atoms with Crippen LogP contribution in [0.15, 0.2) is 0 Å². The van der Waals surface area contributed by atoms with E-state index >= 15 is 0 Å².